The van der Waals surface area contributed by atoms with Crippen molar-refractivity contribution >= 4 is 0 Å². The van der Waals surface area contributed by atoms with E-state index in [-0.39, 0.29) is 11.2 Å². The molecule has 0 aromatic heterocycles. The van der Waals surface area contributed by atoms with E-state index in [1.165, 1.54) is 154 Å². The highest BCUT2D eigenvalue weighted by atomic mass is 16.5. The highest BCUT2D eigenvalue weighted by molar-refractivity contribution is 4.84. The van der Waals surface area contributed by atoms with Crippen molar-refractivity contribution in [1.82, 2.24) is 0 Å². The maximum absolute atomic E-state index is 7.25. The van der Waals surface area contributed by atoms with Gasteiger partial charge in [0.2, 0.25) is 0 Å². The summed E-state index contributed by atoms with van der Waals surface area (Å²) in [5.74, 6) is 0. The van der Waals surface area contributed by atoms with Gasteiger partial charge >= 0.3 is 0 Å². The van der Waals surface area contributed by atoms with Crippen LogP contribution in [0.15, 0.2) is 0 Å². The van der Waals surface area contributed by atoms with Gasteiger partial charge in [0.15, 0.2) is 0 Å². The molecule has 0 heterocycles. The van der Waals surface area contributed by atoms with Crippen LogP contribution >= 0.6 is 0 Å². The fourth-order valence-electron chi connectivity index (χ4n) is 5.46. The topological polar surface area (TPSA) is 9.23 Å². The molecule has 0 spiro atoms. The van der Waals surface area contributed by atoms with Gasteiger partial charge < -0.3 is 4.74 Å². The van der Waals surface area contributed by atoms with Crippen molar-refractivity contribution in [3.8, 4) is 0 Å². The molecule has 0 aromatic rings. The van der Waals surface area contributed by atoms with Crippen molar-refractivity contribution in [3.05, 3.63) is 0 Å². The molecule has 0 aliphatic heterocycles. The summed E-state index contributed by atoms with van der Waals surface area (Å²) in [6, 6.07) is 0. The van der Waals surface area contributed by atoms with Crippen LogP contribution in [0.3, 0.4) is 0 Å². The molecule has 0 N–H and O–H groups in total. The monoisotopic (exact) mass is 467 g/mol. The minimum absolute atomic E-state index is 0.0695. The summed E-state index contributed by atoms with van der Waals surface area (Å²) in [5.41, 5.74) is 0.139. The lowest BCUT2D eigenvalue weighted by atomic mass is 9.86. The van der Waals surface area contributed by atoms with E-state index in [0.717, 1.165) is 0 Å². The van der Waals surface area contributed by atoms with Crippen LogP contribution in [0.1, 0.15) is 196 Å². The number of ether oxygens (including phenoxy) is 1. The second kappa shape index (κ2) is 22.4. The third-order valence-corrected chi connectivity index (χ3v) is 7.73. The van der Waals surface area contributed by atoms with E-state index in [4.69, 9.17) is 4.74 Å². The van der Waals surface area contributed by atoms with Gasteiger partial charge in [0.1, 0.15) is 0 Å². The molecule has 0 unspecified atom stereocenters. The van der Waals surface area contributed by atoms with Crippen LogP contribution in [0.25, 0.3) is 0 Å². The normalized spacial score (nSPS) is 12.5. The van der Waals surface area contributed by atoms with Gasteiger partial charge in [-0.05, 0) is 39.5 Å². The van der Waals surface area contributed by atoms with Crippen LogP contribution in [-0.2, 0) is 4.74 Å². The highest BCUT2D eigenvalue weighted by Gasteiger charge is 2.34. The standard InChI is InChI=1S/C32H66O/c1-7-11-15-19-23-27-31(5,28-24-20-16-12-8-2)33-32(6,29-25-21-17-13-9-3)30-26-22-18-14-10-4/h7-30H2,1-6H3. The van der Waals surface area contributed by atoms with E-state index in [1.807, 2.05) is 0 Å². The van der Waals surface area contributed by atoms with Gasteiger partial charge in [-0.2, -0.15) is 0 Å². The molecule has 0 fully saturated rings. The molecular formula is C32H66O. The van der Waals surface area contributed by atoms with Gasteiger partial charge in [-0.25, -0.2) is 0 Å². The number of hydrogen-bond acceptors (Lipinski definition) is 1. The van der Waals surface area contributed by atoms with Crippen molar-refractivity contribution < 1.29 is 4.74 Å². The molecule has 1 nitrogen and oxygen atoms in total. The first-order chi connectivity index (χ1) is 15.9. The van der Waals surface area contributed by atoms with Crippen LogP contribution in [0.2, 0.25) is 0 Å². The van der Waals surface area contributed by atoms with Gasteiger partial charge in [-0.15, -0.1) is 0 Å². The summed E-state index contributed by atoms with van der Waals surface area (Å²) in [7, 11) is 0. The Bertz CT molecular complexity index is 324. The van der Waals surface area contributed by atoms with E-state index < -0.39 is 0 Å². The van der Waals surface area contributed by atoms with E-state index in [0.29, 0.717) is 0 Å². The van der Waals surface area contributed by atoms with Crippen molar-refractivity contribution in [2.24, 2.45) is 0 Å². The minimum atomic E-state index is 0.0695. The maximum atomic E-state index is 7.25. The average molecular weight is 467 g/mol. The van der Waals surface area contributed by atoms with Crippen molar-refractivity contribution in [2.45, 2.75) is 207 Å². The molecule has 33 heavy (non-hydrogen) atoms. The van der Waals surface area contributed by atoms with Crippen LogP contribution in [0, 0.1) is 0 Å². The zero-order valence-corrected chi connectivity index (χ0v) is 24.4. The first-order valence-corrected chi connectivity index (χ1v) is 15.7. The van der Waals surface area contributed by atoms with Crippen LogP contribution < -0.4 is 0 Å². The van der Waals surface area contributed by atoms with Crippen LogP contribution in [0.5, 0.6) is 0 Å². The number of unbranched alkanes of at least 4 members (excludes halogenated alkanes) is 16. The molecule has 0 aliphatic carbocycles. The van der Waals surface area contributed by atoms with Crippen molar-refractivity contribution in [3.63, 3.8) is 0 Å². The van der Waals surface area contributed by atoms with Crippen LogP contribution in [-0.4, -0.2) is 11.2 Å². The second-order valence-corrected chi connectivity index (χ2v) is 11.7. The Balaban J connectivity index is 5.00. The van der Waals surface area contributed by atoms with Gasteiger partial charge in [0.05, 0.1) is 11.2 Å². The van der Waals surface area contributed by atoms with Crippen molar-refractivity contribution in [1.29, 1.82) is 0 Å². The Hall–Kier alpha value is -0.0400. The Kier molecular flexibility index (Phi) is 22.4. The van der Waals surface area contributed by atoms with Gasteiger partial charge in [-0.1, -0.05) is 156 Å². The quantitative estimate of drug-likeness (QED) is 0.115. The number of rotatable bonds is 26. The third-order valence-electron chi connectivity index (χ3n) is 7.73. The molecule has 200 valence electrons. The summed E-state index contributed by atoms with van der Waals surface area (Å²) in [4.78, 5) is 0. The minimum Gasteiger partial charge on any atom is -0.369 e. The predicted molar refractivity (Wildman–Crippen MR) is 151 cm³/mol. The first kappa shape index (κ1) is 33.0. The van der Waals surface area contributed by atoms with E-state index in [9.17, 15) is 0 Å². The highest BCUT2D eigenvalue weighted by Crippen LogP contribution is 2.37. The molecule has 0 saturated carbocycles. The average Bonchev–Trinajstić information content (AvgIpc) is 2.78. The Morgan fingerprint density at radius 3 is 0.758 bits per heavy atom. The molecular weight excluding hydrogens is 400 g/mol. The largest absolute Gasteiger partial charge is 0.369 e. The molecule has 1 heteroatoms. The Morgan fingerprint density at radius 2 is 0.545 bits per heavy atom. The maximum Gasteiger partial charge on any atom is 0.0662 e. The molecule has 0 bridgehead atoms. The molecule has 0 aliphatic rings. The molecule has 0 radical (unpaired) electrons. The molecule has 0 amide bonds. The SMILES string of the molecule is CCCCCCCC(C)(CCCCCCC)OC(C)(CCCCCCC)CCCCCCC. The molecule has 0 aromatic carbocycles. The summed E-state index contributed by atoms with van der Waals surface area (Å²) < 4.78 is 7.25. The lowest BCUT2D eigenvalue weighted by Crippen LogP contribution is -2.41. The van der Waals surface area contributed by atoms with Gasteiger partial charge in [0, 0.05) is 0 Å². The summed E-state index contributed by atoms with van der Waals surface area (Å²) in [6.07, 6.45) is 32.4. The molecule has 0 atom stereocenters. The smallest absolute Gasteiger partial charge is 0.0662 e. The number of hydrogen-bond donors (Lipinski definition) is 0. The zero-order valence-electron chi connectivity index (χ0n) is 24.4. The van der Waals surface area contributed by atoms with Gasteiger partial charge in [-0.3, -0.25) is 0 Å². The van der Waals surface area contributed by atoms with Crippen molar-refractivity contribution in [2.75, 3.05) is 0 Å². The lowest BCUT2D eigenvalue weighted by molar-refractivity contribution is -0.157. The van der Waals surface area contributed by atoms with E-state index in [1.54, 1.807) is 0 Å². The Morgan fingerprint density at radius 1 is 0.333 bits per heavy atom. The van der Waals surface area contributed by atoms with E-state index >= 15 is 0 Å². The molecule has 0 saturated heterocycles. The lowest BCUT2D eigenvalue weighted by Gasteiger charge is -2.42. The summed E-state index contributed by atoms with van der Waals surface area (Å²) in [6.45, 7) is 14.2. The predicted octanol–water partition coefficient (Wildman–Crippen LogP) is 12.0. The van der Waals surface area contributed by atoms with E-state index in [2.05, 4.69) is 41.5 Å². The summed E-state index contributed by atoms with van der Waals surface area (Å²) >= 11 is 0. The molecule has 0 rings (SSSR count). The Labute approximate surface area is 211 Å². The second-order valence-electron chi connectivity index (χ2n) is 11.7. The third kappa shape index (κ3) is 19.9. The fourth-order valence-corrected chi connectivity index (χ4v) is 5.46. The van der Waals surface area contributed by atoms with Gasteiger partial charge in [0.25, 0.3) is 0 Å². The van der Waals surface area contributed by atoms with Crippen LogP contribution in [0.4, 0.5) is 0 Å². The summed E-state index contributed by atoms with van der Waals surface area (Å²) in [5, 5.41) is 0. The first-order valence-electron chi connectivity index (χ1n) is 15.7. The zero-order chi connectivity index (χ0) is 24.7. The fraction of sp³-hybridized carbons (Fsp3) is 1.00.